The SMILES string of the molecule is Cc1[nH]c(-c2ccc(F)cc2)nc1C(=O)N1CCC2(CC1)CNC(=O)CO2. The molecule has 0 saturated carbocycles. The van der Waals surface area contributed by atoms with Crippen LogP contribution in [0.15, 0.2) is 24.3 Å². The fourth-order valence-electron chi connectivity index (χ4n) is 3.58. The number of aromatic nitrogens is 2. The Morgan fingerprint density at radius 2 is 1.96 bits per heavy atom. The van der Waals surface area contributed by atoms with Crippen LogP contribution in [0, 0.1) is 12.7 Å². The van der Waals surface area contributed by atoms with Crippen LogP contribution in [0.25, 0.3) is 11.4 Å². The first-order chi connectivity index (χ1) is 13.0. The number of carbonyl (C=O) groups is 2. The van der Waals surface area contributed by atoms with Gasteiger partial charge in [-0.25, -0.2) is 9.37 Å². The summed E-state index contributed by atoms with van der Waals surface area (Å²) in [7, 11) is 0. The minimum atomic E-state index is -0.370. The van der Waals surface area contributed by atoms with Crippen molar-refractivity contribution in [3.63, 3.8) is 0 Å². The maximum atomic E-state index is 13.1. The number of nitrogens with zero attached hydrogens (tertiary/aromatic N) is 2. The minimum Gasteiger partial charge on any atom is -0.363 e. The second kappa shape index (κ2) is 6.77. The number of H-pyrrole nitrogens is 1. The molecule has 2 aromatic rings. The Morgan fingerprint density at radius 3 is 2.59 bits per heavy atom. The zero-order valence-electron chi connectivity index (χ0n) is 15.0. The molecule has 1 spiro atoms. The molecule has 2 fully saturated rings. The van der Waals surface area contributed by atoms with Gasteiger partial charge < -0.3 is 19.9 Å². The Hall–Kier alpha value is -2.74. The summed E-state index contributed by atoms with van der Waals surface area (Å²) in [5.41, 5.74) is 1.41. The molecule has 2 aliphatic heterocycles. The van der Waals surface area contributed by atoms with Crippen LogP contribution in [0.5, 0.6) is 0 Å². The number of morpholine rings is 1. The lowest BCUT2D eigenvalue weighted by atomic mass is 9.90. The molecule has 27 heavy (non-hydrogen) atoms. The van der Waals surface area contributed by atoms with Crippen molar-refractivity contribution in [2.75, 3.05) is 26.2 Å². The molecular weight excluding hydrogens is 351 g/mol. The lowest BCUT2D eigenvalue weighted by Crippen LogP contribution is -2.58. The fourth-order valence-corrected chi connectivity index (χ4v) is 3.58. The predicted octanol–water partition coefficient (Wildman–Crippen LogP) is 1.65. The van der Waals surface area contributed by atoms with E-state index in [1.54, 1.807) is 24.0 Å². The fraction of sp³-hybridized carbons (Fsp3) is 0.421. The Labute approximate surface area is 155 Å². The van der Waals surface area contributed by atoms with E-state index >= 15 is 0 Å². The molecule has 8 heteroatoms. The summed E-state index contributed by atoms with van der Waals surface area (Å²) in [6.07, 6.45) is 1.35. The Kier molecular flexibility index (Phi) is 4.43. The maximum absolute atomic E-state index is 13.1. The third-order valence-electron chi connectivity index (χ3n) is 5.28. The van der Waals surface area contributed by atoms with Crippen LogP contribution in [-0.4, -0.2) is 58.5 Å². The number of aryl methyl sites for hydroxylation is 1. The number of hydrogen-bond donors (Lipinski definition) is 2. The highest BCUT2D eigenvalue weighted by Gasteiger charge is 2.40. The Bertz CT molecular complexity index is 858. The van der Waals surface area contributed by atoms with Gasteiger partial charge in [0.15, 0.2) is 0 Å². The van der Waals surface area contributed by atoms with Gasteiger partial charge >= 0.3 is 0 Å². The summed E-state index contributed by atoms with van der Waals surface area (Å²) in [6.45, 7) is 3.47. The standard InChI is InChI=1S/C19H21FN4O3/c1-12-16(23-17(22-12)13-2-4-14(20)5-3-13)18(26)24-8-6-19(7-9-24)11-21-15(25)10-27-19/h2-5H,6-11H2,1H3,(H,21,25)(H,22,23). The van der Waals surface area contributed by atoms with Gasteiger partial charge in [-0.15, -0.1) is 0 Å². The molecule has 2 aliphatic rings. The summed E-state index contributed by atoms with van der Waals surface area (Å²) in [5, 5.41) is 2.84. The van der Waals surface area contributed by atoms with Gasteiger partial charge in [0.2, 0.25) is 5.91 Å². The van der Waals surface area contributed by atoms with Crippen molar-refractivity contribution in [3.8, 4) is 11.4 Å². The van der Waals surface area contributed by atoms with Crippen LogP contribution in [0.4, 0.5) is 4.39 Å². The van der Waals surface area contributed by atoms with E-state index in [9.17, 15) is 14.0 Å². The molecule has 0 unspecified atom stereocenters. The molecule has 0 bridgehead atoms. The molecule has 2 saturated heterocycles. The molecule has 4 rings (SSSR count). The van der Waals surface area contributed by atoms with E-state index in [2.05, 4.69) is 15.3 Å². The summed E-state index contributed by atoms with van der Waals surface area (Å²) in [5.74, 6) is -0.00393. The third-order valence-corrected chi connectivity index (χ3v) is 5.28. The monoisotopic (exact) mass is 372 g/mol. The molecule has 0 aliphatic carbocycles. The Balaban J connectivity index is 1.46. The van der Waals surface area contributed by atoms with Crippen molar-refractivity contribution in [2.24, 2.45) is 0 Å². The molecule has 1 aromatic carbocycles. The van der Waals surface area contributed by atoms with Gasteiger partial charge in [0.1, 0.15) is 23.9 Å². The van der Waals surface area contributed by atoms with Crippen molar-refractivity contribution in [3.05, 3.63) is 41.5 Å². The number of halogens is 1. The maximum Gasteiger partial charge on any atom is 0.274 e. The van der Waals surface area contributed by atoms with E-state index in [0.29, 0.717) is 49.7 Å². The Morgan fingerprint density at radius 1 is 1.26 bits per heavy atom. The number of imidazole rings is 1. The van der Waals surface area contributed by atoms with Gasteiger partial charge in [-0.1, -0.05) is 0 Å². The van der Waals surface area contributed by atoms with Crippen molar-refractivity contribution in [1.82, 2.24) is 20.2 Å². The van der Waals surface area contributed by atoms with Crippen LogP contribution >= 0.6 is 0 Å². The van der Waals surface area contributed by atoms with E-state index in [4.69, 9.17) is 4.74 Å². The topological polar surface area (TPSA) is 87.3 Å². The van der Waals surface area contributed by atoms with Crippen LogP contribution in [0.1, 0.15) is 29.0 Å². The second-order valence-corrected chi connectivity index (χ2v) is 7.11. The molecule has 0 atom stereocenters. The van der Waals surface area contributed by atoms with Gasteiger partial charge in [0.25, 0.3) is 5.91 Å². The largest absolute Gasteiger partial charge is 0.363 e. The predicted molar refractivity (Wildman–Crippen MR) is 95.5 cm³/mol. The highest BCUT2D eigenvalue weighted by atomic mass is 19.1. The van der Waals surface area contributed by atoms with Crippen LogP contribution in [0.3, 0.4) is 0 Å². The third kappa shape index (κ3) is 3.44. The highest BCUT2D eigenvalue weighted by molar-refractivity contribution is 5.94. The number of ether oxygens (including phenoxy) is 1. The summed E-state index contributed by atoms with van der Waals surface area (Å²) >= 11 is 0. The van der Waals surface area contributed by atoms with E-state index in [1.165, 1.54) is 12.1 Å². The zero-order chi connectivity index (χ0) is 19.0. The number of hydrogen-bond acceptors (Lipinski definition) is 4. The lowest BCUT2D eigenvalue weighted by Gasteiger charge is -2.43. The molecular formula is C19H21FN4O3. The van der Waals surface area contributed by atoms with Gasteiger partial charge in [0, 0.05) is 30.9 Å². The number of rotatable bonds is 2. The number of piperidine rings is 1. The number of likely N-dealkylation sites (tertiary alicyclic amines) is 1. The number of benzene rings is 1. The normalized spacial score (nSPS) is 19.2. The van der Waals surface area contributed by atoms with Crippen molar-refractivity contribution in [1.29, 1.82) is 0 Å². The molecule has 7 nitrogen and oxygen atoms in total. The molecule has 0 radical (unpaired) electrons. The van der Waals surface area contributed by atoms with Gasteiger partial charge in [-0.2, -0.15) is 0 Å². The number of nitrogens with one attached hydrogen (secondary N) is 2. The van der Waals surface area contributed by atoms with Crippen molar-refractivity contribution < 1.29 is 18.7 Å². The number of carbonyl (C=O) groups excluding carboxylic acids is 2. The first-order valence-corrected chi connectivity index (χ1v) is 8.98. The molecule has 3 heterocycles. The van der Waals surface area contributed by atoms with Crippen molar-refractivity contribution in [2.45, 2.75) is 25.4 Å². The van der Waals surface area contributed by atoms with E-state index in [0.717, 1.165) is 5.56 Å². The van der Waals surface area contributed by atoms with E-state index in [1.807, 2.05) is 0 Å². The molecule has 1 aromatic heterocycles. The van der Waals surface area contributed by atoms with Crippen molar-refractivity contribution >= 4 is 11.8 Å². The van der Waals surface area contributed by atoms with Gasteiger partial charge in [-0.3, -0.25) is 9.59 Å². The highest BCUT2D eigenvalue weighted by Crippen LogP contribution is 2.29. The molecule has 142 valence electrons. The van der Waals surface area contributed by atoms with Crippen LogP contribution in [-0.2, 0) is 9.53 Å². The lowest BCUT2D eigenvalue weighted by molar-refractivity contribution is -0.149. The minimum absolute atomic E-state index is 0.0768. The van der Waals surface area contributed by atoms with E-state index < -0.39 is 0 Å². The zero-order valence-corrected chi connectivity index (χ0v) is 15.0. The van der Waals surface area contributed by atoms with E-state index in [-0.39, 0.29) is 29.8 Å². The molecule has 2 N–H and O–H groups in total. The molecule has 2 amide bonds. The van der Waals surface area contributed by atoms with Crippen LogP contribution in [0.2, 0.25) is 0 Å². The average molecular weight is 372 g/mol. The first kappa shape index (κ1) is 17.7. The average Bonchev–Trinajstić information content (AvgIpc) is 3.07. The quantitative estimate of drug-likeness (QED) is 0.839. The number of amides is 2. The first-order valence-electron chi connectivity index (χ1n) is 8.98. The van der Waals surface area contributed by atoms with Crippen LogP contribution < -0.4 is 5.32 Å². The summed E-state index contributed by atoms with van der Waals surface area (Å²) in [4.78, 5) is 33.5. The summed E-state index contributed by atoms with van der Waals surface area (Å²) < 4.78 is 18.9. The summed E-state index contributed by atoms with van der Waals surface area (Å²) in [6, 6.07) is 5.98. The smallest absolute Gasteiger partial charge is 0.274 e. The van der Waals surface area contributed by atoms with Gasteiger partial charge in [-0.05, 0) is 44.0 Å². The van der Waals surface area contributed by atoms with Gasteiger partial charge in [0.05, 0.1) is 5.60 Å². The number of aromatic amines is 1. The second-order valence-electron chi connectivity index (χ2n) is 7.11.